The van der Waals surface area contributed by atoms with Crippen LogP contribution in [0.3, 0.4) is 0 Å². The van der Waals surface area contributed by atoms with Gasteiger partial charge in [0, 0.05) is 6.42 Å². The molecule has 1 aromatic rings. The van der Waals surface area contributed by atoms with Crippen molar-refractivity contribution in [2.24, 2.45) is 0 Å². The molecule has 6 heteroatoms. The van der Waals surface area contributed by atoms with Crippen molar-refractivity contribution in [1.29, 1.82) is 0 Å². The van der Waals surface area contributed by atoms with E-state index in [0.29, 0.717) is 4.90 Å². The third-order valence-electron chi connectivity index (χ3n) is 2.77. The summed E-state index contributed by atoms with van der Waals surface area (Å²) < 4.78 is 28.7. The van der Waals surface area contributed by atoms with Gasteiger partial charge in [-0.15, -0.1) is 11.8 Å². The van der Waals surface area contributed by atoms with Gasteiger partial charge < -0.3 is 4.74 Å². The quantitative estimate of drug-likeness (QED) is 0.755. The number of sulfone groups is 1. The molecule has 0 fully saturated rings. The van der Waals surface area contributed by atoms with Gasteiger partial charge in [-0.25, -0.2) is 8.42 Å². The van der Waals surface area contributed by atoms with Crippen molar-refractivity contribution in [2.45, 2.75) is 29.2 Å². The number of ether oxygens (including phenoxy) is 1. The Morgan fingerprint density at radius 1 is 1.32 bits per heavy atom. The number of esters is 1. The van der Waals surface area contributed by atoms with Gasteiger partial charge in [0.05, 0.1) is 12.0 Å². The summed E-state index contributed by atoms with van der Waals surface area (Å²) in [5, 5.41) is 0. The molecule has 1 rings (SSSR count). The topological polar surface area (TPSA) is 60.4 Å². The maximum Gasteiger partial charge on any atom is 0.305 e. The molecule has 0 aliphatic heterocycles. The Morgan fingerprint density at radius 2 is 1.89 bits per heavy atom. The Bertz CT molecular complexity index is 520. The first kappa shape index (κ1) is 16.0. The minimum atomic E-state index is -3.42. The first-order valence-electron chi connectivity index (χ1n) is 5.82. The summed E-state index contributed by atoms with van der Waals surface area (Å²) in [6.07, 6.45) is 2.09. The Hall–Kier alpha value is -1.01. The van der Waals surface area contributed by atoms with E-state index in [9.17, 15) is 13.2 Å². The van der Waals surface area contributed by atoms with Crippen LogP contribution < -0.4 is 0 Å². The van der Waals surface area contributed by atoms with Crippen LogP contribution in [0.2, 0.25) is 0 Å². The SMILES string of the molecule is COC(=O)CCC(SC)S(=O)(=O)c1ccc(C)cc1. The molecule has 19 heavy (non-hydrogen) atoms. The van der Waals surface area contributed by atoms with Gasteiger partial charge in [0.2, 0.25) is 0 Å². The first-order chi connectivity index (χ1) is 8.91. The number of methoxy groups -OCH3 is 1. The smallest absolute Gasteiger partial charge is 0.305 e. The van der Waals surface area contributed by atoms with Gasteiger partial charge in [0.15, 0.2) is 9.84 Å². The molecular formula is C13H18O4S2. The Kier molecular flexibility index (Phi) is 5.87. The number of thioether (sulfide) groups is 1. The van der Waals surface area contributed by atoms with Crippen LogP contribution in [-0.2, 0) is 19.4 Å². The first-order valence-corrected chi connectivity index (χ1v) is 8.65. The maximum absolute atomic E-state index is 12.4. The zero-order valence-electron chi connectivity index (χ0n) is 11.3. The van der Waals surface area contributed by atoms with Crippen LogP contribution >= 0.6 is 11.8 Å². The second kappa shape index (κ2) is 6.96. The van der Waals surface area contributed by atoms with Crippen molar-refractivity contribution in [3.05, 3.63) is 29.8 Å². The van der Waals surface area contributed by atoms with Crippen molar-refractivity contribution in [2.75, 3.05) is 13.4 Å². The molecule has 0 saturated heterocycles. The molecule has 4 nitrogen and oxygen atoms in total. The lowest BCUT2D eigenvalue weighted by Gasteiger charge is -2.15. The molecule has 1 unspecified atom stereocenters. The van der Waals surface area contributed by atoms with Crippen molar-refractivity contribution in [3.63, 3.8) is 0 Å². The maximum atomic E-state index is 12.4. The van der Waals surface area contributed by atoms with Gasteiger partial charge in [-0.3, -0.25) is 4.79 Å². The van der Waals surface area contributed by atoms with Gasteiger partial charge in [-0.1, -0.05) is 17.7 Å². The monoisotopic (exact) mass is 302 g/mol. The number of aryl methyl sites for hydroxylation is 1. The molecule has 0 N–H and O–H groups in total. The number of hydrogen-bond donors (Lipinski definition) is 0. The highest BCUT2D eigenvalue weighted by atomic mass is 32.3. The van der Waals surface area contributed by atoms with Crippen molar-refractivity contribution >= 4 is 27.6 Å². The summed E-state index contributed by atoms with van der Waals surface area (Å²) in [6.45, 7) is 1.90. The third-order valence-corrected chi connectivity index (χ3v) is 6.73. The molecule has 0 heterocycles. The summed E-state index contributed by atoms with van der Waals surface area (Å²) in [4.78, 5) is 11.4. The lowest BCUT2D eigenvalue weighted by molar-refractivity contribution is -0.140. The second-order valence-electron chi connectivity index (χ2n) is 4.14. The molecule has 0 amide bonds. The number of hydrogen-bond acceptors (Lipinski definition) is 5. The minimum absolute atomic E-state index is 0.104. The van der Waals surface area contributed by atoms with Crippen LogP contribution in [0.25, 0.3) is 0 Å². The summed E-state index contributed by atoms with van der Waals surface area (Å²) >= 11 is 1.23. The molecular weight excluding hydrogens is 284 g/mol. The standard InChI is InChI=1S/C13H18O4S2/c1-10-4-6-11(7-5-10)19(15,16)13(18-3)9-8-12(14)17-2/h4-7,13H,8-9H2,1-3H3. The molecule has 0 aliphatic carbocycles. The molecule has 0 saturated carbocycles. The fourth-order valence-corrected chi connectivity index (χ4v) is 4.56. The van der Waals surface area contributed by atoms with Crippen LogP contribution in [0.1, 0.15) is 18.4 Å². The van der Waals surface area contributed by atoms with E-state index in [0.717, 1.165) is 5.56 Å². The van der Waals surface area contributed by atoms with Crippen LogP contribution in [0.15, 0.2) is 29.2 Å². The van der Waals surface area contributed by atoms with Crippen molar-refractivity contribution in [1.82, 2.24) is 0 Å². The Morgan fingerprint density at radius 3 is 2.37 bits per heavy atom. The summed E-state index contributed by atoms with van der Waals surface area (Å²) in [5.74, 6) is -0.391. The van der Waals surface area contributed by atoms with Crippen LogP contribution in [0, 0.1) is 6.92 Å². The highest BCUT2D eigenvalue weighted by Crippen LogP contribution is 2.27. The highest BCUT2D eigenvalue weighted by Gasteiger charge is 2.27. The van der Waals surface area contributed by atoms with E-state index in [1.165, 1.54) is 18.9 Å². The summed E-state index contributed by atoms with van der Waals surface area (Å²) in [7, 11) is -2.12. The van der Waals surface area contributed by atoms with Gasteiger partial charge in [-0.2, -0.15) is 0 Å². The molecule has 106 valence electrons. The number of benzene rings is 1. The Balaban J connectivity index is 2.89. The van der Waals surface area contributed by atoms with E-state index < -0.39 is 20.4 Å². The van der Waals surface area contributed by atoms with E-state index in [1.54, 1.807) is 30.5 Å². The number of carbonyl (C=O) groups is 1. The Labute approximate surface area is 118 Å². The normalized spacial score (nSPS) is 13.0. The van der Waals surface area contributed by atoms with E-state index >= 15 is 0 Å². The second-order valence-corrected chi connectivity index (χ2v) is 7.61. The molecule has 0 aromatic heterocycles. The van der Waals surface area contributed by atoms with Gasteiger partial charge in [-0.05, 0) is 31.7 Å². The van der Waals surface area contributed by atoms with Crippen molar-refractivity contribution < 1.29 is 17.9 Å². The zero-order chi connectivity index (χ0) is 14.5. The molecule has 0 aliphatic rings. The largest absolute Gasteiger partial charge is 0.469 e. The predicted octanol–water partition coefficient (Wildman–Crippen LogP) is 2.41. The lowest BCUT2D eigenvalue weighted by atomic mass is 10.2. The molecule has 0 spiro atoms. The third kappa shape index (κ3) is 4.24. The highest BCUT2D eigenvalue weighted by molar-refractivity contribution is 8.13. The zero-order valence-corrected chi connectivity index (χ0v) is 12.9. The fraction of sp³-hybridized carbons (Fsp3) is 0.462. The predicted molar refractivity (Wildman–Crippen MR) is 76.9 cm³/mol. The van der Waals surface area contributed by atoms with E-state index in [2.05, 4.69) is 4.74 Å². The summed E-state index contributed by atoms with van der Waals surface area (Å²) in [5.41, 5.74) is 1.01. The number of rotatable bonds is 6. The molecule has 1 aromatic carbocycles. The lowest BCUT2D eigenvalue weighted by Crippen LogP contribution is -2.19. The fourth-order valence-electron chi connectivity index (χ4n) is 1.62. The van der Waals surface area contributed by atoms with Gasteiger partial charge in [0.1, 0.15) is 4.58 Å². The average molecular weight is 302 g/mol. The van der Waals surface area contributed by atoms with E-state index in [-0.39, 0.29) is 12.8 Å². The van der Waals surface area contributed by atoms with Crippen LogP contribution in [-0.4, -0.2) is 32.3 Å². The molecule has 0 radical (unpaired) electrons. The van der Waals surface area contributed by atoms with Crippen LogP contribution in [0.5, 0.6) is 0 Å². The molecule has 1 atom stereocenters. The number of carbonyl (C=O) groups excluding carboxylic acids is 1. The average Bonchev–Trinajstić information content (AvgIpc) is 2.39. The summed E-state index contributed by atoms with van der Waals surface area (Å²) in [6, 6.07) is 6.74. The van der Waals surface area contributed by atoms with Crippen LogP contribution in [0.4, 0.5) is 0 Å². The molecule has 0 bridgehead atoms. The van der Waals surface area contributed by atoms with Gasteiger partial charge >= 0.3 is 5.97 Å². The van der Waals surface area contributed by atoms with Gasteiger partial charge in [0.25, 0.3) is 0 Å². The minimum Gasteiger partial charge on any atom is -0.469 e. The van der Waals surface area contributed by atoms with E-state index in [4.69, 9.17) is 0 Å². The van der Waals surface area contributed by atoms with E-state index in [1.807, 2.05) is 6.92 Å². The van der Waals surface area contributed by atoms with Crippen molar-refractivity contribution in [3.8, 4) is 0 Å².